The van der Waals surface area contributed by atoms with Gasteiger partial charge in [-0.2, -0.15) is 5.26 Å². The third-order valence-corrected chi connectivity index (χ3v) is 3.29. The van der Waals surface area contributed by atoms with Gasteiger partial charge in [-0.3, -0.25) is 0 Å². The van der Waals surface area contributed by atoms with E-state index in [1.165, 1.54) is 16.7 Å². The molecular weight excluding hydrogens is 212 g/mol. The van der Waals surface area contributed by atoms with Crippen LogP contribution in [0.15, 0.2) is 5.38 Å². The van der Waals surface area contributed by atoms with E-state index in [9.17, 15) is 4.79 Å². The fourth-order valence-corrected chi connectivity index (χ4v) is 2.16. The van der Waals surface area contributed by atoms with Crippen molar-refractivity contribution in [3.05, 3.63) is 16.1 Å². The molecule has 4 nitrogen and oxygen atoms in total. The SMILES string of the molecule is CC[C@@H](C)[C@@H](C#N)c1nc(C(=O)O)cs1. The van der Waals surface area contributed by atoms with Crippen LogP contribution in [-0.2, 0) is 0 Å². The summed E-state index contributed by atoms with van der Waals surface area (Å²) in [5, 5.41) is 19.8. The predicted molar refractivity (Wildman–Crippen MR) is 56.9 cm³/mol. The maximum absolute atomic E-state index is 10.6. The van der Waals surface area contributed by atoms with Gasteiger partial charge in [0.1, 0.15) is 10.9 Å². The lowest BCUT2D eigenvalue weighted by molar-refractivity contribution is 0.0691. The van der Waals surface area contributed by atoms with Gasteiger partial charge in [0.15, 0.2) is 5.69 Å². The van der Waals surface area contributed by atoms with Gasteiger partial charge >= 0.3 is 5.97 Å². The number of thiazole rings is 1. The second-order valence-electron chi connectivity index (χ2n) is 3.37. The molecule has 80 valence electrons. The second-order valence-corrected chi connectivity index (χ2v) is 4.26. The van der Waals surface area contributed by atoms with E-state index in [1.807, 2.05) is 13.8 Å². The largest absolute Gasteiger partial charge is 0.476 e. The standard InChI is InChI=1S/C10H12N2O2S/c1-3-6(2)7(4-11)9-12-8(5-15-9)10(13)14/h5-7H,3H2,1-2H3,(H,13,14)/t6-,7-/m1/s1. The maximum atomic E-state index is 10.6. The lowest BCUT2D eigenvalue weighted by Crippen LogP contribution is -2.07. The van der Waals surface area contributed by atoms with Crippen molar-refractivity contribution in [2.75, 3.05) is 0 Å². The minimum Gasteiger partial charge on any atom is -0.476 e. The summed E-state index contributed by atoms with van der Waals surface area (Å²) in [4.78, 5) is 14.6. The summed E-state index contributed by atoms with van der Waals surface area (Å²) in [5.41, 5.74) is 0.0264. The molecular formula is C10H12N2O2S. The zero-order valence-electron chi connectivity index (χ0n) is 8.60. The Morgan fingerprint density at radius 3 is 2.87 bits per heavy atom. The molecule has 0 aliphatic rings. The summed E-state index contributed by atoms with van der Waals surface area (Å²) >= 11 is 1.24. The summed E-state index contributed by atoms with van der Waals surface area (Å²) < 4.78 is 0. The highest BCUT2D eigenvalue weighted by atomic mass is 32.1. The number of aromatic nitrogens is 1. The third-order valence-electron chi connectivity index (χ3n) is 2.36. The number of carboxylic acid groups (broad SMARTS) is 1. The minimum atomic E-state index is -1.04. The van der Waals surface area contributed by atoms with Crippen LogP contribution in [0.1, 0.15) is 41.7 Å². The van der Waals surface area contributed by atoms with Crippen molar-refractivity contribution >= 4 is 17.3 Å². The quantitative estimate of drug-likeness (QED) is 0.852. The van der Waals surface area contributed by atoms with Crippen LogP contribution in [0.5, 0.6) is 0 Å². The first kappa shape index (κ1) is 11.7. The van der Waals surface area contributed by atoms with Crippen molar-refractivity contribution in [3.63, 3.8) is 0 Å². The molecule has 2 atom stereocenters. The van der Waals surface area contributed by atoms with Gasteiger partial charge in [-0.1, -0.05) is 20.3 Å². The first-order valence-corrected chi connectivity index (χ1v) is 5.56. The Morgan fingerprint density at radius 1 is 1.80 bits per heavy atom. The summed E-state index contributed by atoms with van der Waals surface area (Å²) in [7, 11) is 0. The molecule has 1 N–H and O–H groups in total. The number of hydrogen-bond acceptors (Lipinski definition) is 4. The average Bonchev–Trinajstić information content (AvgIpc) is 2.68. The van der Waals surface area contributed by atoms with Crippen molar-refractivity contribution in [2.24, 2.45) is 5.92 Å². The van der Waals surface area contributed by atoms with Gasteiger partial charge in [-0.15, -0.1) is 11.3 Å². The smallest absolute Gasteiger partial charge is 0.355 e. The van der Waals surface area contributed by atoms with Crippen molar-refractivity contribution in [2.45, 2.75) is 26.2 Å². The van der Waals surface area contributed by atoms with E-state index in [2.05, 4.69) is 11.1 Å². The van der Waals surface area contributed by atoms with Crippen LogP contribution in [-0.4, -0.2) is 16.1 Å². The highest BCUT2D eigenvalue weighted by Crippen LogP contribution is 2.28. The molecule has 0 unspecified atom stereocenters. The maximum Gasteiger partial charge on any atom is 0.355 e. The van der Waals surface area contributed by atoms with Gasteiger partial charge < -0.3 is 5.11 Å². The molecule has 0 aromatic carbocycles. The minimum absolute atomic E-state index is 0.0264. The van der Waals surface area contributed by atoms with Crippen LogP contribution in [0.2, 0.25) is 0 Å². The lowest BCUT2D eigenvalue weighted by Gasteiger charge is -2.12. The van der Waals surface area contributed by atoms with Crippen molar-refractivity contribution < 1.29 is 9.90 Å². The zero-order valence-corrected chi connectivity index (χ0v) is 9.41. The first-order valence-electron chi connectivity index (χ1n) is 4.68. The topological polar surface area (TPSA) is 74.0 Å². The molecule has 0 fully saturated rings. The molecule has 1 aromatic heterocycles. The summed E-state index contributed by atoms with van der Waals surface area (Å²) in [6.07, 6.45) is 0.875. The van der Waals surface area contributed by atoms with Gasteiger partial charge in [0.05, 0.1) is 6.07 Å². The Hall–Kier alpha value is -1.41. The van der Waals surface area contributed by atoms with E-state index in [1.54, 1.807) is 0 Å². The lowest BCUT2D eigenvalue weighted by atomic mass is 9.94. The Morgan fingerprint density at radius 2 is 2.47 bits per heavy atom. The van der Waals surface area contributed by atoms with E-state index in [0.717, 1.165) is 6.42 Å². The third kappa shape index (κ3) is 2.54. The van der Waals surface area contributed by atoms with Gasteiger partial charge in [-0.25, -0.2) is 9.78 Å². The molecule has 0 saturated heterocycles. The van der Waals surface area contributed by atoms with E-state index >= 15 is 0 Å². The van der Waals surface area contributed by atoms with Crippen LogP contribution in [0, 0.1) is 17.2 Å². The van der Waals surface area contributed by atoms with Crippen LogP contribution >= 0.6 is 11.3 Å². The Bertz CT molecular complexity index is 394. The molecule has 0 aliphatic carbocycles. The number of carbonyl (C=O) groups is 1. The van der Waals surface area contributed by atoms with Gasteiger partial charge in [0.2, 0.25) is 0 Å². The molecule has 0 bridgehead atoms. The van der Waals surface area contributed by atoms with Crippen LogP contribution in [0.25, 0.3) is 0 Å². The Labute approximate surface area is 92.2 Å². The van der Waals surface area contributed by atoms with Crippen LogP contribution < -0.4 is 0 Å². The van der Waals surface area contributed by atoms with Crippen molar-refractivity contribution in [1.29, 1.82) is 5.26 Å². The molecule has 1 aromatic rings. The molecule has 0 spiro atoms. The number of nitriles is 1. The summed E-state index contributed by atoms with van der Waals surface area (Å²) in [6.45, 7) is 3.97. The number of hydrogen-bond donors (Lipinski definition) is 1. The molecule has 1 rings (SSSR count). The van der Waals surface area contributed by atoms with Gasteiger partial charge in [0, 0.05) is 5.38 Å². The molecule has 1 heterocycles. The predicted octanol–water partition coefficient (Wildman–Crippen LogP) is 2.49. The van der Waals surface area contributed by atoms with Gasteiger partial charge in [0.25, 0.3) is 0 Å². The molecule has 0 aliphatic heterocycles. The number of aromatic carboxylic acids is 1. The van der Waals surface area contributed by atoms with Crippen molar-refractivity contribution in [3.8, 4) is 6.07 Å². The highest BCUT2D eigenvalue weighted by Gasteiger charge is 2.22. The fraction of sp³-hybridized carbons (Fsp3) is 0.500. The average molecular weight is 224 g/mol. The second kappa shape index (κ2) is 4.89. The normalized spacial score (nSPS) is 14.2. The van der Waals surface area contributed by atoms with E-state index < -0.39 is 5.97 Å². The van der Waals surface area contributed by atoms with E-state index in [4.69, 9.17) is 10.4 Å². The highest BCUT2D eigenvalue weighted by molar-refractivity contribution is 7.10. The van der Waals surface area contributed by atoms with E-state index in [0.29, 0.717) is 5.01 Å². The monoisotopic (exact) mass is 224 g/mol. The van der Waals surface area contributed by atoms with Gasteiger partial charge in [-0.05, 0) is 5.92 Å². The number of carboxylic acids is 1. The van der Waals surface area contributed by atoms with Crippen LogP contribution in [0.3, 0.4) is 0 Å². The number of rotatable bonds is 4. The zero-order chi connectivity index (χ0) is 11.4. The molecule has 5 heteroatoms. The first-order chi connectivity index (χ1) is 7.10. The Balaban J connectivity index is 2.94. The number of nitrogens with zero attached hydrogens (tertiary/aromatic N) is 2. The Kier molecular flexibility index (Phi) is 3.81. The molecule has 0 saturated carbocycles. The molecule has 0 radical (unpaired) electrons. The molecule has 0 amide bonds. The summed E-state index contributed by atoms with van der Waals surface area (Å²) in [6, 6.07) is 2.18. The molecule has 15 heavy (non-hydrogen) atoms. The summed E-state index contributed by atoms with van der Waals surface area (Å²) in [5.74, 6) is -1.14. The van der Waals surface area contributed by atoms with Crippen molar-refractivity contribution in [1.82, 2.24) is 4.98 Å². The fourth-order valence-electron chi connectivity index (χ4n) is 1.19. The van der Waals surface area contributed by atoms with Crippen LogP contribution in [0.4, 0.5) is 0 Å². The van der Waals surface area contributed by atoms with E-state index in [-0.39, 0.29) is 17.5 Å².